The molecule has 1 aromatic heterocycles. The first-order valence-corrected chi connectivity index (χ1v) is 6.80. The van der Waals surface area contributed by atoms with Gasteiger partial charge in [0.1, 0.15) is 0 Å². The Kier molecular flexibility index (Phi) is 7.25. The van der Waals surface area contributed by atoms with E-state index in [2.05, 4.69) is 6.07 Å². The molecule has 0 saturated carbocycles. The molecule has 2 aromatic rings. The van der Waals surface area contributed by atoms with Crippen molar-refractivity contribution in [2.24, 2.45) is 0 Å². The Morgan fingerprint density at radius 1 is 1.30 bits per heavy atom. The molecule has 1 aromatic carbocycles. The van der Waals surface area contributed by atoms with E-state index in [9.17, 15) is 13.6 Å². The first-order chi connectivity index (χ1) is 8.99. The minimum absolute atomic E-state index is 0. The maximum atomic E-state index is 12.6. The van der Waals surface area contributed by atoms with Crippen molar-refractivity contribution in [3.05, 3.63) is 55.3 Å². The summed E-state index contributed by atoms with van der Waals surface area (Å²) in [6, 6.07) is 11.0. The van der Waals surface area contributed by atoms with Gasteiger partial charge in [0.15, 0.2) is 0 Å². The summed E-state index contributed by atoms with van der Waals surface area (Å²) in [5.74, 6) is 0. The average Bonchev–Trinajstić information content (AvgIpc) is 2.36. The van der Waals surface area contributed by atoms with Crippen LogP contribution in [-0.2, 0) is 39.3 Å². The first-order valence-electron chi connectivity index (χ1n) is 5.34. The van der Waals surface area contributed by atoms with Gasteiger partial charge in [0.25, 0.3) is 6.43 Å². The van der Waals surface area contributed by atoms with Gasteiger partial charge in [-0.3, -0.25) is 4.79 Å². The third-order valence-corrected chi connectivity index (χ3v) is 3.52. The zero-order valence-electron chi connectivity index (χ0n) is 10.1. The van der Waals surface area contributed by atoms with Gasteiger partial charge in [-0.2, -0.15) is 12.1 Å². The number of nitrogens with zero attached hydrogens (tertiary/aromatic N) is 1. The molecule has 0 unspecified atom stereocenters. The fourth-order valence-corrected chi connectivity index (χ4v) is 2.23. The Balaban J connectivity index is 0.00000200. The van der Waals surface area contributed by atoms with Crippen LogP contribution in [0.15, 0.2) is 35.1 Å². The Morgan fingerprint density at radius 3 is 2.45 bits per heavy atom. The third kappa shape index (κ3) is 4.32. The van der Waals surface area contributed by atoms with Crippen molar-refractivity contribution in [2.45, 2.75) is 13.0 Å². The normalized spacial score (nSPS) is 10.4. The average molecular weight is 483 g/mol. The molecular formula is C13H8ClF2INOY-. The number of pyridine rings is 1. The van der Waals surface area contributed by atoms with E-state index < -0.39 is 18.5 Å². The molecule has 0 aliphatic rings. The number of aromatic nitrogens is 1. The number of benzene rings is 1. The monoisotopic (exact) mass is 483 g/mol. The molecule has 0 amide bonds. The minimum Gasteiger partial charge on any atom is -0.336 e. The van der Waals surface area contributed by atoms with Crippen molar-refractivity contribution in [1.82, 2.24) is 4.57 Å². The van der Waals surface area contributed by atoms with Crippen molar-refractivity contribution in [3.63, 3.8) is 0 Å². The standard InChI is InChI=1S/C13H8ClF2INO.Y/c14-9-3-1-8(2-4-9)11-6-5-10(17)13(19)18(11)7-12(15)16;/h1-5,12H,7H2;/q-1;. The fraction of sp³-hybridized carbons (Fsp3) is 0.154. The molecule has 2 nitrogen and oxygen atoms in total. The van der Waals surface area contributed by atoms with Gasteiger partial charge in [0.2, 0.25) is 5.56 Å². The summed E-state index contributed by atoms with van der Waals surface area (Å²) < 4.78 is 26.6. The number of hydrogen-bond acceptors (Lipinski definition) is 1. The van der Waals surface area contributed by atoms with Crippen LogP contribution in [0.4, 0.5) is 8.78 Å². The van der Waals surface area contributed by atoms with Gasteiger partial charge >= 0.3 is 0 Å². The SMILES string of the molecule is O=c1c(I)c[c-]c(-c2ccc(Cl)cc2)n1CC(F)F.[Y]. The summed E-state index contributed by atoms with van der Waals surface area (Å²) in [4.78, 5) is 11.9. The zero-order chi connectivity index (χ0) is 14.0. The molecule has 0 bridgehead atoms. The molecule has 20 heavy (non-hydrogen) atoms. The van der Waals surface area contributed by atoms with Crippen LogP contribution in [0.3, 0.4) is 0 Å². The van der Waals surface area contributed by atoms with Gasteiger partial charge in [0, 0.05) is 37.7 Å². The molecule has 0 N–H and O–H groups in total. The van der Waals surface area contributed by atoms with Crippen molar-refractivity contribution in [2.75, 3.05) is 0 Å². The molecule has 0 saturated heterocycles. The minimum atomic E-state index is -2.60. The van der Waals surface area contributed by atoms with Crippen LogP contribution in [0.5, 0.6) is 0 Å². The molecular weight excluding hydrogens is 475 g/mol. The number of alkyl halides is 2. The summed E-state index contributed by atoms with van der Waals surface area (Å²) in [7, 11) is 0. The Hall–Kier alpha value is 0.154. The van der Waals surface area contributed by atoms with E-state index in [0.717, 1.165) is 4.57 Å². The van der Waals surface area contributed by atoms with E-state index in [1.807, 2.05) is 22.6 Å². The predicted octanol–water partition coefficient (Wildman–Crippen LogP) is 3.84. The maximum absolute atomic E-state index is 12.6. The fourth-order valence-electron chi connectivity index (χ4n) is 1.66. The van der Waals surface area contributed by atoms with Crippen molar-refractivity contribution >= 4 is 34.2 Å². The van der Waals surface area contributed by atoms with Crippen LogP contribution in [0.1, 0.15) is 0 Å². The van der Waals surface area contributed by atoms with E-state index in [1.54, 1.807) is 24.3 Å². The molecule has 1 radical (unpaired) electrons. The maximum Gasteiger partial charge on any atom is 0.256 e. The van der Waals surface area contributed by atoms with Crippen LogP contribution in [0, 0.1) is 9.64 Å². The molecule has 0 atom stereocenters. The first kappa shape index (κ1) is 18.2. The second-order valence-corrected chi connectivity index (χ2v) is 5.40. The summed E-state index contributed by atoms with van der Waals surface area (Å²) in [6.07, 6.45) is -2.60. The van der Waals surface area contributed by atoms with Gasteiger partial charge in [-0.15, -0.1) is 34.7 Å². The van der Waals surface area contributed by atoms with E-state index in [0.29, 0.717) is 19.9 Å². The number of halogens is 4. The third-order valence-electron chi connectivity index (χ3n) is 2.49. The van der Waals surface area contributed by atoms with Crippen LogP contribution in [0.2, 0.25) is 5.02 Å². The van der Waals surface area contributed by atoms with E-state index >= 15 is 0 Å². The van der Waals surface area contributed by atoms with Crippen LogP contribution in [-0.4, -0.2) is 11.0 Å². The van der Waals surface area contributed by atoms with Gasteiger partial charge in [0.05, 0.1) is 6.54 Å². The molecule has 103 valence electrons. The topological polar surface area (TPSA) is 22.0 Å². The molecule has 7 heteroatoms. The largest absolute Gasteiger partial charge is 0.336 e. The second kappa shape index (κ2) is 7.96. The van der Waals surface area contributed by atoms with Crippen molar-refractivity contribution in [1.29, 1.82) is 0 Å². The summed E-state index contributed by atoms with van der Waals surface area (Å²) in [5, 5.41) is 0.539. The Bertz CT molecular complexity index is 646. The molecule has 1 heterocycles. The second-order valence-electron chi connectivity index (χ2n) is 3.80. The van der Waals surface area contributed by atoms with Gasteiger partial charge < -0.3 is 4.57 Å². The van der Waals surface area contributed by atoms with Crippen molar-refractivity contribution < 1.29 is 41.5 Å². The Morgan fingerprint density at radius 2 is 1.90 bits per heavy atom. The smallest absolute Gasteiger partial charge is 0.256 e. The zero-order valence-corrected chi connectivity index (χ0v) is 15.9. The quantitative estimate of drug-likeness (QED) is 0.481. The van der Waals surface area contributed by atoms with Crippen LogP contribution < -0.4 is 5.56 Å². The molecule has 0 aliphatic heterocycles. The summed E-state index contributed by atoms with van der Waals surface area (Å²) in [5.41, 5.74) is 0.519. The van der Waals surface area contributed by atoms with Crippen LogP contribution in [0.25, 0.3) is 11.3 Å². The van der Waals surface area contributed by atoms with Gasteiger partial charge in [-0.1, -0.05) is 35.0 Å². The summed E-state index contributed by atoms with van der Waals surface area (Å²) >= 11 is 7.59. The number of hydrogen-bond donors (Lipinski definition) is 0. The van der Waals surface area contributed by atoms with Gasteiger partial charge in [-0.05, 0) is 3.57 Å². The predicted molar refractivity (Wildman–Crippen MR) is 78.7 cm³/mol. The van der Waals surface area contributed by atoms with Gasteiger partial charge in [-0.25, -0.2) is 8.78 Å². The van der Waals surface area contributed by atoms with E-state index in [1.165, 1.54) is 6.07 Å². The molecule has 0 aliphatic carbocycles. The van der Waals surface area contributed by atoms with E-state index in [-0.39, 0.29) is 32.7 Å². The Labute approximate surface area is 158 Å². The van der Waals surface area contributed by atoms with Crippen LogP contribution >= 0.6 is 34.2 Å². The molecule has 2 rings (SSSR count). The van der Waals surface area contributed by atoms with Crippen molar-refractivity contribution in [3.8, 4) is 11.3 Å². The molecule has 0 fully saturated rings. The summed E-state index contributed by atoms with van der Waals surface area (Å²) in [6.45, 7) is -0.649. The molecule has 0 spiro atoms. The van der Waals surface area contributed by atoms with E-state index in [4.69, 9.17) is 11.6 Å². The number of rotatable bonds is 3.